The molecule has 9 rings (SSSR count). The second-order valence-corrected chi connectivity index (χ2v) is 9.78. The molecular weight excluding hydrogens is 466 g/mol. The maximum Gasteiger partial charge on any atom is 0.235 e. The Morgan fingerprint density at radius 1 is 0.500 bits per heavy atom. The van der Waals surface area contributed by atoms with Crippen molar-refractivity contribution in [3.8, 4) is 5.95 Å². The number of hydrogen-bond acceptors (Lipinski definition) is 3. The van der Waals surface area contributed by atoms with Crippen LogP contribution in [0.4, 0.5) is 0 Å². The van der Waals surface area contributed by atoms with Crippen LogP contribution < -0.4 is 0 Å². The van der Waals surface area contributed by atoms with Crippen molar-refractivity contribution in [3.05, 3.63) is 116 Å². The van der Waals surface area contributed by atoms with E-state index >= 15 is 0 Å². The van der Waals surface area contributed by atoms with Gasteiger partial charge in [0.25, 0.3) is 0 Å². The van der Waals surface area contributed by atoms with Gasteiger partial charge < -0.3 is 0 Å². The van der Waals surface area contributed by atoms with Crippen LogP contribution in [0.25, 0.3) is 76.9 Å². The standard InChI is InChI=1S/C33H19N5/c1-3-9-22-20(7-1)14-16-27-26(22)19-34-33(36-27)38-30-23-10-4-2-8-21(23)13-15-24(30)25-17-18-37-29-12-6-5-11-28(29)35-32(37)31(25)38/h1-19H. The van der Waals surface area contributed by atoms with Gasteiger partial charge in [-0.15, -0.1) is 0 Å². The third-order valence-electron chi connectivity index (χ3n) is 7.77. The molecule has 0 bridgehead atoms. The zero-order valence-corrected chi connectivity index (χ0v) is 20.2. The third-order valence-corrected chi connectivity index (χ3v) is 7.77. The van der Waals surface area contributed by atoms with Gasteiger partial charge in [-0.2, -0.15) is 0 Å². The Morgan fingerprint density at radius 3 is 2.16 bits per heavy atom. The fourth-order valence-corrected chi connectivity index (χ4v) is 6.06. The fraction of sp³-hybridized carbons (Fsp3) is 0. The summed E-state index contributed by atoms with van der Waals surface area (Å²) in [5.74, 6) is 0.643. The molecule has 0 N–H and O–H groups in total. The Hall–Kier alpha value is -5.29. The lowest BCUT2D eigenvalue weighted by molar-refractivity contribution is 1.01. The smallest absolute Gasteiger partial charge is 0.235 e. The van der Waals surface area contributed by atoms with Crippen molar-refractivity contribution in [2.75, 3.05) is 0 Å². The molecule has 5 nitrogen and oxygen atoms in total. The van der Waals surface area contributed by atoms with Gasteiger partial charge in [0, 0.05) is 33.9 Å². The highest BCUT2D eigenvalue weighted by atomic mass is 15.2. The van der Waals surface area contributed by atoms with Crippen molar-refractivity contribution in [2.24, 2.45) is 0 Å². The molecule has 0 atom stereocenters. The van der Waals surface area contributed by atoms with Gasteiger partial charge in [0.2, 0.25) is 5.95 Å². The van der Waals surface area contributed by atoms with Gasteiger partial charge in [-0.25, -0.2) is 15.0 Å². The number of rotatable bonds is 1. The van der Waals surface area contributed by atoms with Gasteiger partial charge in [-0.3, -0.25) is 8.97 Å². The average molecular weight is 486 g/mol. The second kappa shape index (κ2) is 7.14. The number of hydrogen-bond donors (Lipinski definition) is 0. The topological polar surface area (TPSA) is 48.0 Å². The highest BCUT2D eigenvalue weighted by molar-refractivity contribution is 6.21. The normalized spacial score (nSPS) is 12.2. The van der Waals surface area contributed by atoms with Gasteiger partial charge in [-0.1, -0.05) is 78.9 Å². The van der Waals surface area contributed by atoms with E-state index in [2.05, 4.69) is 112 Å². The quantitative estimate of drug-likeness (QED) is 0.223. The maximum atomic E-state index is 5.15. The lowest BCUT2D eigenvalue weighted by Crippen LogP contribution is -2.02. The molecular formula is C33H19N5. The Kier molecular flexibility index (Phi) is 3.73. The van der Waals surface area contributed by atoms with Gasteiger partial charge in [-0.05, 0) is 40.4 Å². The van der Waals surface area contributed by atoms with Gasteiger partial charge in [0.05, 0.1) is 22.1 Å². The number of pyridine rings is 1. The molecule has 0 unspecified atom stereocenters. The molecule has 0 aliphatic heterocycles. The van der Waals surface area contributed by atoms with Gasteiger partial charge >= 0.3 is 0 Å². The van der Waals surface area contributed by atoms with E-state index in [9.17, 15) is 0 Å². The van der Waals surface area contributed by atoms with Crippen molar-refractivity contribution >= 4 is 70.9 Å². The molecule has 0 saturated carbocycles. The van der Waals surface area contributed by atoms with E-state index in [1.54, 1.807) is 0 Å². The van der Waals surface area contributed by atoms with Crippen molar-refractivity contribution in [2.45, 2.75) is 0 Å². The summed E-state index contributed by atoms with van der Waals surface area (Å²) in [6, 6.07) is 36.0. The van der Waals surface area contributed by atoms with Crippen LogP contribution in [0.15, 0.2) is 116 Å². The van der Waals surface area contributed by atoms with E-state index in [1.165, 1.54) is 10.8 Å². The van der Waals surface area contributed by atoms with E-state index in [-0.39, 0.29) is 0 Å². The lowest BCUT2D eigenvalue weighted by Gasteiger charge is -2.10. The van der Waals surface area contributed by atoms with Crippen LogP contribution >= 0.6 is 0 Å². The molecule has 9 aromatic rings. The summed E-state index contributed by atoms with van der Waals surface area (Å²) in [5, 5.41) is 8.04. The monoisotopic (exact) mass is 485 g/mol. The molecule has 0 aliphatic carbocycles. The van der Waals surface area contributed by atoms with Gasteiger partial charge in [0.15, 0.2) is 5.65 Å². The first kappa shape index (κ1) is 19.8. The van der Waals surface area contributed by atoms with Crippen LogP contribution in [-0.4, -0.2) is 23.9 Å². The molecule has 0 saturated heterocycles. The Bertz CT molecular complexity index is 2410. The number of para-hydroxylation sites is 2. The van der Waals surface area contributed by atoms with Crippen LogP contribution in [0.2, 0.25) is 0 Å². The summed E-state index contributed by atoms with van der Waals surface area (Å²) in [4.78, 5) is 15.2. The zero-order chi connectivity index (χ0) is 24.8. The summed E-state index contributed by atoms with van der Waals surface area (Å²) in [5.41, 5.74) is 5.97. The zero-order valence-electron chi connectivity index (χ0n) is 20.2. The molecule has 4 aromatic heterocycles. The average Bonchev–Trinajstić information content (AvgIpc) is 3.53. The van der Waals surface area contributed by atoms with Crippen LogP contribution in [0.5, 0.6) is 0 Å². The fourth-order valence-electron chi connectivity index (χ4n) is 6.06. The van der Waals surface area contributed by atoms with E-state index < -0.39 is 0 Å². The minimum atomic E-state index is 0.643. The summed E-state index contributed by atoms with van der Waals surface area (Å²) >= 11 is 0. The molecule has 0 amide bonds. The highest BCUT2D eigenvalue weighted by Crippen LogP contribution is 2.38. The maximum absolute atomic E-state index is 5.15. The Labute approximate surface area is 216 Å². The third kappa shape index (κ3) is 2.52. The summed E-state index contributed by atoms with van der Waals surface area (Å²) in [6.45, 7) is 0. The summed E-state index contributed by atoms with van der Waals surface area (Å²) < 4.78 is 4.38. The van der Waals surface area contributed by atoms with E-state index in [1.807, 2.05) is 12.3 Å². The molecule has 4 heterocycles. The van der Waals surface area contributed by atoms with Crippen LogP contribution in [0, 0.1) is 0 Å². The SMILES string of the molecule is c1ccc2c(c1)ccc1nc(-n3c4c5ccccc5ccc4c4ccn5c6ccccc6nc5c43)ncc12. The van der Waals surface area contributed by atoms with E-state index in [4.69, 9.17) is 15.0 Å². The molecule has 0 spiro atoms. The Balaban J connectivity index is 1.50. The van der Waals surface area contributed by atoms with Crippen LogP contribution in [0.3, 0.4) is 0 Å². The molecule has 0 radical (unpaired) electrons. The summed E-state index contributed by atoms with van der Waals surface area (Å²) in [6.07, 6.45) is 4.09. The minimum Gasteiger partial charge on any atom is -0.298 e. The molecule has 38 heavy (non-hydrogen) atoms. The number of imidazole rings is 1. The van der Waals surface area contributed by atoms with E-state index in [0.717, 1.165) is 60.2 Å². The van der Waals surface area contributed by atoms with Crippen molar-refractivity contribution < 1.29 is 0 Å². The Morgan fingerprint density at radius 2 is 1.24 bits per heavy atom. The highest BCUT2D eigenvalue weighted by Gasteiger charge is 2.21. The lowest BCUT2D eigenvalue weighted by atomic mass is 10.1. The van der Waals surface area contributed by atoms with E-state index in [0.29, 0.717) is 5.95 Å². The first-order chi connectivity index (χ1) is 18.8. The van der Waals surface area contributed by atoms with Crippen molar-refractivity contribution in [3.63, 3.8) is 0 Å². The number of fused-ring (bicyclic) bond motifs is 12. The molecule has 0 fully saturated rings. The van der Waals surface area contributed by atoms with Crippen LogP contribution in [-0.2, 0) is 0 Å². The largest absolute Gasteiger partial charge is 0.298 e. The number of nitrogens with zero attached hydrogens (tertiary/aromatic N) is 5. The predicted octanol–water partition coefficient (Wildman–Crippen LogP) is 7.83. The molecule has 5 heteroatoms. The van der Waals surface area contributed by atoms with Crippen LogP contribution in [0.1, 0.15) is 0 Å². The predicted molar refractivity (Wildman–Crippen MR) is 155 cm³/mol. The number of aromatic nitrogens is 5. The van der Waals surface area contributed by atoms with Crippen molar-refractivity contribution in [1.29, 1.82) is 0 Å². The molecule has 176 valence electrons. The second-order valence-electron chi connectivity index (χ2n) is 9.78. The van der Waals surface area contributed by atoms with Crippen molar-refractivity contribution in [1.82, 2.24) is 23.9 Å². The molecule has 5 aromatic carbocycles. The summed E-state index contributed by atoms with van der Waals surface area (Å²) in [7, 11) is 0. The number of benzene rings is 5. The first-order valence-electron chi connectivity index (χ1n) is 12.7. The first-order valence-corrected chi connectivity index (χ1v) is 12.7. The minimum absolute atomic E-state index is 0.643. The van der Waals surface area contributed by atoms with Gasteiger partial charge in [0.1, 0.15) is 5.52 Å². The molecule has 0 aliphatic rings.